The van der Waals surface area contributed by atoms with Crippen LogP contribution in [0, 0.1) is 0 Å². The van der Waals surface area contributed by atoms with Gasteiger partial charge in [0.05, 0.1) is 17.4 Å². The zero-order valence-electron chi connectivity index (χ0n) is 8.86. The van der Waals surface area contributed by atoms with E-state index in [4.69, 9.17) is 4.42 Å². The van der Waals surface area contributed by atoms with Crippen LogP contribution >= 0.6 is 11.8 Å². The maximum Gasteiger partial charge on any atom is 0.207 e. The van der Waals surface area contributed by atoms with Crippen molar-refractivity contribution in [2.45, 2.75) is 37.9 Å². The fraction of sp³-hybridized carbons (Fsp3) is 0.636. The van der Waals surface area contributed by atoms with Crippen LogP contribution in [0.4, 0.5) is 0 Å². The number of carbonyl (C=O) groups excluding carboxylic acids is 1. The summed E-state index contributed by atoms with van der Waals surface area (Å²) in [5, 5.41) is 0.402. The summed E-state index contributed by atoms with van der Waals surface area (Å²) in [6.45, 7) is 1.57. The second kappa shape index (κ2) is 4.84. The number of aromatic nitrogens is 1. The highest BCUT2D eigenvalue weighted by Gasteiger charge is 2.20. The van der Waals surface area contributed by atoms with Crippen LogP contribution in [0.25, 0.3) is 0 Å². The van der Waals surface area contributed by atoms with E-state index in [0.717, 1.165) is 18.0 Å². The highest BCUT2D eigenvalue weighted by Crippen LogP contribution is 2.37. The van der Waals surface area contributed by atoms with Crippen molar-refractivity contribution in [3.63, 3.8) is 0 Å². The van der Waals surface area contributed by atoms with Crippen LogP contribution in [0.5, 0.6) is 0 Å². The van der Waals surface area contributed by atoms with Gasteiger partial charge in [0.15, 0.2) is 0 Å². The molecule has 0 aromatic carbocycles. The summed E-state index contributed by atoms with van der Waals surface area (Å²) in [5.41, 5.74) is 0.767. The number of hydrogen-bond donors (Lipinski definition) is 0. The third kappa shape index (κ3) is 2.84. The van der Waals surface area contributed by atoms with E-state index in [1.165, 1.54) is 18.6 Å². The van der Waals surface area contributed by atoms with Gasteiger partial charge in [-0.1, -0.05) is 6.42 Å². The normalized spacial score (nSPS) is 21.5. The minimum Gasteiger partial charge on any atom is -0.447 e. The molecule has 2 heterocycles. The molecule has 1 fully saturated rings. The lowest BCUT2D eigenvalue weighted by atomic mass is 10.2. The molecule has 1 atom stereocenters. The van der Waals surface area contributed by atoms with E-state index < -0.39 is 0 Å². The molecule has 1 aliphatic heterocycles. The van der Waals surface area contributed by atoms with Gasteiger partial charge in [0.25, 0.3) is 0 Å². The molecule has 1 aliphatic rings. The monoisotopic (exact) mass is 225 g/mol. The lowest BCUT2D eigenvalue weighted by molar-refractivity contribution is -0.116. The third-order valence-electron chi connectivity index (χ3n) is 2.45. The van der Waals surface area contributed by atoms with Gasteiger partial charge in [-0.3, -0.25) is 4.79 Å². The van der Waals surface area contributed by atoms with Crippen LogP contribution in [-0.4, -0.2) is 16.5 Å². The second-order valence-electron chi connectivity index (χ2n) is 3.91. The largest absolute Gasteiger partial charge is 0.447 e. The molecule has 0 aliphatic carbocycles. The molecule has 82 valence electrons. The van der Waals surface area contributed by atoms with E-state index in [0.29, 0.717) is 11.7 Å². The average Bonchev–Trinajstić information content (AvgIpc) is 2.67. The number of nitrogens with zero attached hydrogens (tertiary/aromatic N) is 1. The Morgan fingerprint density at radius 3 is 3.20 bits per heavy atom. The van der Waals surface area contributed by atoms with E-state index in [2.05, 4.69) is 4.98 Å². The first kappa shape index (κ1) is 10.7. The quantitative estimate of drug-likeness (QED) is 0.793. The minimum absolute atomic E-state index is 0.131. The Bertz CT molecular complexity index is 342. The molecule has 2 rings (SSSR count). The van der Waals surface area contributed by atoms with Gasteiger partial charge in [-0.15, -0.1) is 11.8 Å². The number of oxazole rings is 1. The first-order valence-electron chi connectivity index (χ1n) is 5.31. The van der Waals surface area contributed by atoms with E-state index in [9.17, 15) is 4.79 Å². The molecule has 0 N–H and O–H groups in total. The Hall–Kier alpha value is -0.770. The van der Waals surface area contributed by atoms with Gasteiger partial charge in [0.2, 0.25) is 5.89 Å². The van der Waals surface area contributed by atoms with Gasteiger partial charge in [-0.2, -0.15) is 0 Å². The molecule has 0 saturated carbocycles. The number of ketones is 1. The summed E-state index contributed by atoms with van der Waals surface area (Å²) in [6.07, 6.45) is 5.70. The SMILES string of the molecule is CC(=O)Cc1coc(C2CCCCS2)n1. The Labute approximate surface area is 93.6 Å². The third-order valence-corrected chi connectivity index (χ3v) is 3.82. The zero-order chi connectivity index (χ0) is 10.7. The van der Waals surface area contributed by atoms with Crippen LogP contribution in [-0.2, 0) is 11.2 Å². The van der Waals surface area contributed by atoms with Gasteiger partial charge in [-0.25, -0.2) is 4.98 Å². The topological polar surface area (TPSA) is 43.1 Å². The number of Topliss-reactive ketones (excluding diaryl/α,β-unsaturated/α-hetero) is 1. The molecule has 0 radical (unpaired) electrons. The van der Waals surface area contributed by atoms with Gasteiger partial charge in [0, 0.05) is 0 Å². The average molecular weight is 225 g/mol. The van der Waals surface area contributed by atoms with Crippen molar-refractivity contribution < 1.29 is 9.21 Å². The summed E-state index contributed by atoms with van der Waals surface area (Å²) in [6, 6.07) is 0. The van der Waals surface area contributed by atoms with Gasteiger partial charge in [-0.05, 0) is 25.5 Å². The van der Waals surface area contributed by atoms with Gasteiger partial charge >= 0.3 is 0 Å². The van der Waals surface area contributed by atoms with E-state index in [1.54, 1.807) is 13.2 Å². The summed E-state index contributed by atoms with van der Waals surface area (Å²) in [4.78, 5) is 15.3. The van der Waals surface area contributed by atoms with Crippen LogP contribution < -0.4 is 0 Å². The predicted octanol–water partition coefficient (Wildman–Crippen LogP) is 2.76. The van der Waals surface area contributed by atoms with Gasteiger partial charge in [0.1, 0.15) is 12.0 Å². The van der Waals surface area contributed by atoms with Crippen LogP contribution in [0.1, 0.15) is 43.0 Å². The summed E-state index contributed by atoms with van der Waals surface area (Å²) < 4.78 is 5.42. The maximum absolute atomic E-state index is 10.9. The van der Waals surface area contributed by atoms with E-state index in [-0.39, 0.29) is 5.78 Å². The lowest BCUT2D eigenvalue weighted by Crippen LogP contribution is -2.03. The van der Waals surface area contributed by atoms with Crippen molar-refractivity contribution in [1.82, 2.24) is 4.98 Å². The molecule has 4 heteroatoms. The van der Waals surface area contributed by atoms with Gasteiger partial charge < -0.3 is 4.42 Å². The Morgan fingerprint density at radius 1 is 1.67 bits per heavy atom. The molecular weight excluding hydrogens is 210 g/mol. The molecule has 0 bridgehead atoms. The van der Waals surface area contributed by atoms with Crippen LogP contribution in [0.3, 0.4) is 0 Å². The zero-order valence-corrected chi connectivity index (χ0v) is 9.68. The van der Waals surface area contributed by atoms with Crippen LogP contribution in [0.2, 0.25) is 0 Å². The Kier molecular flexibility index (Phi) is 3.46. The van der Waals surface area contributed by atoms with Crippen molar-refractivity contribution in [3.8, 4) is 0 Å². The van der Waals surface area contributed by atoms with Crippen molar-refractivity contribution in [3.05, 3.63) is 17.8 Å². The first-order valence-corrected chi connectivity index (χ1v) is 6.36. The number of carbonyl (C=O) groups is 1. The molecule has 3 nitrogen and oxygen atoms in total. The highest BCUT2D eigenvalue weighted by atomic mass is 32.2. The van der Waals surface area contributed by atoms with Crippen LogP contribution in [0.15, 0.2) is 10.7 Å². The van der Waals surface area contributed by atoms with Crippen molar-refractivity contribution in [2.24, 2.45) is 0 Å². The molecule has 1 unspecified atom stereocenters. The summed E-state index contributed by atoms with van der Waals surface area (Å²) in [7, 11) is 0. The van der Waals surface area contributed by atoms with E-state index >= 15 is 0 Å². The van der Waals surface area contributed by atoms with Crippen molar-refractivity contribution >= 4 is 17.5 Å². The fourth-order valence-electron chi connectivity index (χ4n) is 1.74. The standard InChI is InChI=1S/C11H15NO2S/c1-8(13)6-9-7-14-11(12-9)10-4-2-3-5-15-10/h7,10H,2-6H2,1H3. The molecule has 1 saturated heterocycles. The molecule has 1 aromatic heterocycles. The highest BCUT2D eigenvalue weighted by molar-refractivity contribution is 7.99. The smallest absolute Gasteiger partial charge is 0.207 e. The number of hydrogen-bond acceptors (Lipinski definition) is 4. The molecule has 0 amide bonds. The lowest BCUT2D eigenvalue weighted by Gasteiger charge is -2.17. The molecule has 1 aromatic rings. The minimum atomic E-state index is 0.131. The predicted molar refractivity (Wildman–Crippen MR) is 59.9 cm³/mol. The van der Waals surface area contributed by atoms with Crippen molar-refractivity contribution in [2.75, 3.05) is 5.75 Å². The number of rotatable bonds is 3. The van der Waals surface area contributed by atoms with E-state index in [1.807, 2.05) is 11.8 Å². The fourth-order valence-corrected chi connectivity index (χ4v) is 2.98. The second-order valence-corrected chi connectivity index (χ2v) is 5.22. The Morgan fingerprint density at radius 2 is 2.53 bits per heavy atom. The molecule has 0 spiro atoms. The summed E-state index contributed by atoms with van der Waals surface area (Å²) in [5.74, 6) is 2.12. The van der Waals surface area contributed by atoms with Crippen molar-refractivity contribution in [1.29, 1.82) is 0 Å². The summed E-state index contributed by atoms with van der Waals surface area (Å²) >= 11 is 1.91. The Balaban J connectivity index is 2.02. The number of thioether (sulfide) groups is 1. The molecule has 15 heavy (non-hydrogen) atoms. The maximum atomic E-state index is 10.9. The first-order chi connectivity index (χ1) is 7.25. The molecular formula is C11H15NO2S.